The van der Waals surface area contributed by atoms with Gasteiger partial charge in [0.1, 0.15) is 5.75 Å². The Kier molecular flexibility index (Phi) is 8.21. The first kappa shape index (κ1) is 27.4. The Morgan fingerprint density at radius 1 is 1.16 bits per heavy atom. The van der Waals surface area contributed by atoms with Crippen molar-refractivity contribution in [2.75, 3.05) is 24.6 Å². The summed E-state index contributed by atoms with van der Waals surface area (Å²) in [6.45, 7) is 13.8. The molecule has 0 saturated heterocycles. The number of allylic oxidation sites excluding steroid dienone is 1. The molecule has 1 aromatic heterocycles. The molecule has 7 nitrogen and oxygen atoms in total. The molecular weight excluding hydrogens is 498 g/mol. The lowest BCUT2D eigenvalue weighted by Crippen LogP contribution is -2.39. The van der Waals surface area contributed by atoms with Gasteiger partial charge in [0.25, 0.3) is 5.56 Å². The van der Waals surface area contributed by atoms with Crippen LogP contribution in [-0.4, -0.2) is 35.3 Å². The third kappa shape index (κ3) is 5.18. The fourth-order valence-electron chi connectivity index (χ4n) is 4.75. The van der Waals surface area contributed by atoms with E-state index in [9.17, 15) is 14.7 Å². The van der Waals surface area contributed by atoms with E-state index < -0.39 is 12.0 Å². The highest BCUT2D eigenvalue weighted by Gasteiger charge is 2.33. The standard InChI is InChI=1S/C30H35N3O4S/c1-7-32(8-2)23-15-14-22(24(34)17-23)16-25-28(35)33-27(21-12-10-20(11-13-21)18(4)5)26(29(36)37-9-3)19(6)31-30(33)38-25/h10-18,27,34H,7-9H2,1-6H3/b25-16-/t27-/m0/s1. The molecule has 0 unspecified atom stereocenters. The molecular formula is C30H35N3O4S. The first-order chi connectivity index (χ1) is 18.2. The van der Waals surface area contributed by atoms with Gasteiger partial charge in [0.15, 0.2) is 4.80 Å². The van der Waals surface area contributed by atoms with Gasteiger partial charge in [0.05, 0.1) is 28.5 Å². The molecule has 2 heterocycles. The molecule has 1 atom stereocenters. The van der Waals surface area contributed by atoms with Crippen molar-refractivity contribution in [1.82, 2.24) is 4.57 Å². The molecule has 0 amide bonds. The molecule has 0 aliphatic carbocycles. The number of carbonyl (C=O) groups is 1. The zero-order valence-corrected chi connectivity index (χ0v) is 23.6. The van der Waals surface area contributed by atoms with E-state index in [-0.39, 0.29) is 17.9 Å². The molecule has 0 saturated carbocycles. The number of phenolic OH excluding ortho intramolecular Hbond substituents is 1. The number of phenols is 1. The molecule has 38 heavy (non-hydrogen) atoms. The predicted octanol–water partition coefficient (Wildman–Crippen LogP) is 4.47. The zero-order valence-electron chi connectivity index (χ0n) is 22.8. The van der Waals surface area contributed by atoms with Crippen LogP contribution in [-0.2, 0) is 9.53 Å². The van der Waals surface area contributed by atoms with Crippen LogP contribution in [0, 0.1) is 0 Å². The lowest BCUT2D eigenvalue weighted by molar-refractivity contribution is -0.139. The van der Waals surface area contributed by atoms with Gasteiger partial charge in [-0.3, -0.25) is 9.36 Å². The molecule has 1 aliphatic heterocycles. The normalized spacial score (nSPS) is 15.4. The Bertz CT molecular complexity index is 1540. The van der Waals surface area contributed by atoms with Crippen LogP contribution in [0.5, 0.6) is 5.75 Å². The van der Waals surface area contributed by atoms with Gasteiger partial charge in [0.2, 0.25) is 0 Å². The van der Waals surface area contributed by atoms with Crippen LogP contribution in [0.2, 0.25) is 0 Å². The minimum Gasteiger partial charge on any atom is -0.507 e. The van der Waals surface area contributed by atoms with Crippen LogP contribution in [0.3, 0.4) is 0 Å². The SMILES string of the molecule is CCOC(=O)C1=C(C)N=c2s/c(=C\c3ccc(N(CC)CC)cc3O)c(=O)n2[C@H]1c1ccc(C(C)C)cc1. The van der Waals surface area contributed by atoms with Gasteiger partial charge in [-0.25, -0.2) is 9.79 Å². The van der Waals surface area contributed by atoms with Crippen LogP contribution in [0.4, 0.5) is 5.69 Å². The average Bonchev–Trinajstić information content (AvgIpc) is 3.19. The summed E-state index contributed by atoms with van der Waals surface area (Å²) in [5.74, 6) is -0.0244. The van der Waals surface area contributed by atoms with Crippen molar-refractivity contribution >= 4 is 29.1 Å². The van der Waals surface area contributed by atoms with Crippen molar-refractivity contribution in [3.63, 3.8) is 0 Å². The topological polar surface area (TPSA) is 84.1 Å². The highest BCUT2D eigenvalue weighted by Crippen LogP contribution is 2.32. The first-order valence-electron chi connectivity index (χ1n) is 13.1. The minimum absolute atomic E-state index is 0.101. The predicted molar refractivity (Wildman–Crippen MR) is 153 cm³/mol. The van der Waals surface area contributed by atoms with E-state index in [4.69, 9.17) is 4.74 Å². The van der Waals surface area contributed by atoms with E-state index in [0.29, 0.717) is 32.1 Å². The van der Waals surface area contributed by atoms with Crippen molar-refractivity contribution < 1.29 is 14.6 Å². The molecule has 4 rings (SSSR count). The van der Waals surface area contributed by atoms with E-state index in [2.05, 4.69) is 37.6 Å². The molecule has 200 valence electrons. The molecule has 8 heteroatoms. The highest BCUT2D eigenvalue weighted by molar-refractivity contribution is 7.07. The molecule has 3 aromatic rings. The number of ether oxygens (including phenoxy) is 1. The molecule has 0 fully saturated rings. The molecule has 0 radical (unpaired) electrons. The van der Waals surface area contributed by atoms with E-state index in [0.717, 1.165) is 24.3 Å². The number of aromatic nitrogens is 1. The fourth-order valence-corrected chi connectivity index (χ4v) is 5.79. The number of esters is 1. The number of aromatic hydroxyl groups is 1. The van der Waals surface area contributed by atoms with Crippen LogP contribution < -0.4 is 19.8 Å². The maximum atomic E-state index is 13.8. The van der Waals surface area contributed by atoms with Crippen LogP contribution >= 0.6 is 11.3 Å². The number of benzene rings is 2. The average molecular weight is 534 g/mol. The van der Waals surface area contributed by atoms with Gasteiger partial charge >= 0.3 is 5.97 Å². The van der Waals surface area contributed by atoms with Crippen molar-refractivity contribution in [2.24, 2.45) is 4.99 Å². The summed E-state index contributed by atoms with van der Waals surface area (Å²) in [4.78, 5) is 34.1. The molecule has 1 aliphatic rings. The number of hydrogen-bond acceptors (Lipinski definition) is 7. The summed E-state index contributed by atoms with van der Waals surface area (Å²) in [7, 11) is 0. The molecule has 0 spiro atoms. The van der Waals surface area contributed by atoms with Crippen LogP contribution in [0.15, 0.2) is 63.5 Å². The molecule has 1 N–H and O–H groups in total. The van der Waals surface area contributed by atoms with E-state index in [1.165, 1.54) is 16.9 Å². The largest absolute Gasteiger partial charge is 0.507 e. The van der Waals surface area contributed by atoms with Gasteiger partial charge in [-0.1, -0.05) is 49.4 Å². The Morgan fingerprint density at radius 3 is 2.42 bits per heavy atom. The van der Waals surface area contributed by atoms with Crippen molar-refractivity contribution in [2.45, 2.75) is 53.5 Å². The monoisotopic (exact) mass is 533 g/mol. The summed E-state index contributed by atoms with van der Waals surface area (Å²) in [5, 5.41) is 10.7. The van der Waals surface area contributed by atoms with E-state index >= 15 is 0 Å². The molecule has 2 aromatic carbocycles. The van der Waals surface area contributed by atoms with Crippen LogP contribution in [0.1, 0.15) is 70.2 Å². The Labute approximate surface area is 227 Å². The number of hydrogen-bond donors (Lipinski definition) is 1. The number of thiazole rings is 1. The van der Waals surface area contributed by atoms with Crippen LogP contribution in [0.25, 0.3) is 6.08 Å². The first-order valence-corrected chi connectivity index (χ1v) is 13.9. The zero-order chi connectivity index (χ0) is 27.6. The number of carbonyl (C=O) groups excluding carboxylic acids is 1. The number of nitrogens with zero attached hydrogens (tertiary/aromatic N) is 3. The Morgan fingerprint density at radius 2 is 1.84 bits per heavy atom. The quantitative estimate of drug-likeness (QED) is 0.432. The maximum Gasteiger partial charge on any atom is 0.338 e. The minimum atomic E-state index is -0.660. The third-order valence-electron chi connectivity index (χ3n) is 6.87. The van der Waals surface area contributed by atoms with Crippen molar-refractivity contribution in [3.8, 4) is 5.75 Å². The Hall–Kier alpha value is -3.65. The molecule has 0 bridgehead atoms. The highest BCUT2D eigenvalue weighted by atomic mass is 32.1. The van der Waals surface area contributed by atoms with Gasteiger partial charge in [-0.05, 0) is 62.9 Å². The lowest BCUT2D eigenvalue weighted by Gasteiger charge is -2.25. The lowest BCUT2D eigenvalue weighted by atomic mass is 9.93. The summed E-state index contributed by atoms with van der Waals surface area (Å²) < 4.78 is 7.37. The van der Waals surface area contributed by atoms with Gasteiger partial charge in [-0.2, -0.15) is 0 Å². The second kappa shape index (κ2) is 11.4. The summed E-state index contributed by atoms with van der Waals surface area (Å²) in [6.07, 6.45) is 1.69. The summed E-state index contributed by atoms with van der Waals surface area (Å²) in [6, 6.07) is 12.8. The summed E-state index contributed by atoms with van der Waals surface area (Å²) in [5.41, 5.74) is 4.06. The second-order valence-electron chi connectivity index (χ2n) is 9.54. The van der Waals surface area contributed by atoms with Gasteiger partial charge < -0.3 is 14.7 Å². The van der Waals surface area contributed by atoms with Crippen molar-refractivity contribution in [1.29, 1.82) is 0 Å². The number of fused-ring (bicyclic) bond motifs is 1. The smallest absolute Gasteiger partial charge is 0.338 e. The number of rotatable bonds is 8. The van der Waals surface area contributed by atoms with Gasteiger partial charge in [0, 0.05) is 30.4 Å². The second-order valence-corrected chi connectivity index (χ2v) is 10.5. The summed E-state index contributed by atoms with van der Waals surface area (Å²) >= 11 is 1.24. The number of anilines is 1. The fraction of sp³-hybridized carbons (Fsp3) is 0.367. The third-order valence-corrected chi connectivity index (χ3v) is 7.85. The Balaban J connectivity index is 1.88. The maximum absolute atomic E-state index is 13.8. The van der Waals surface area contributed by atoms with E-state index in [1.807, 2.05) is 36.4 Å². The van der Waals surface area contributed by atoms with Gasteiger partial charge in [-0.15, -0.1) is 0 Å². The van der Waals surface area contributed by atoms with Crippen molar-refractivity contribution in [3.05, 3.63) is 90.1 Å². The van der Waals surface area contributed by atoms with E-state index in [1.54, 1.807) is 30.6 Å².